The second-order valence-electron chi connectivity index (χ2n) is 6.31. The molecular weight excluding hydrogens is 324 g/mol. The van der Waals surface area contributed by atoms with Crippen LogP contribution in [0, 0.1) is 0 Å². The van der Waals surface area contributed by atoms with Crippen molar-refractivity contribution in [1.82, 2.24) is 0 Å². The number of hydrogen-bond acceptors (Lipinski definition) is 6. The summed E-state index contributed by atoms with van der Waals surface area (Å²) in [5, 5.41) is 9.14. The zero-order valence-electron chi connectivity index (χ0n) is 16.0. The minimum absolute atomic E-state index is 0.722. The summed E-state index contributed by atoms with van der Waals surface area (Å²) < 4.78 is 33.2. The van der Waals surface area contributed by atoms with Gasteiger partial charge in [-0.3, -0.25) is 4.18 Å². The third kappa shape index (κ3) is 75.8. The number of carboxylic acid groups (broad SMARTS) is 1. The minimum Gasteiger partial charge on any atom is -0.726 e. The number of quaternary nitrogens is 2. The number of hydrogen-bond donors (Lipinski definition) is 0. The van der Waals surface area contributed by atoms with Crippen molar-refractivity contribution in [2.45, 2.75) is 13.8 Å². The van der Waals surface area contributed by atoms with E-state index in [2.05, 4.69) is 66.9 Å². The van der Waals surface area contributed by atoms with Crippen LogP contribution in [-0.4, -0.2) is 90.4 Å². The Bertz CT molecular complexity index is 380. The fraction of sp³-hybridized carbons (Fsp3) is 0.786. The zero-order chi connectivity index (χ0) is 19.9. The molecule has 0 aliphatic heterocycles. The lowest BCUT2D eigenvalue weighted by molar-refractivity contribution is -0.868. The molecule has 0 radical (unpaired) electrons. The second kappa shape index (κ2) is 14.6. The second-order valence-corrected chi connectivity index (χ2v) is 7.46. The summed E-state index contributed by atoms with van der Waals surface area (Å²) in [7, 11) is 9.48. The summed E-state index contributed by atoms with van der Waals surface area (Å²) in [5.41, 5.74) is 0. The predicted octanol–water partition coefficient (Wildman–Crippen LogP) is -0.560. The lowest BCUT2D eigenvalue weighted by Crippen LogP contribution is -2.33. The smallest absolute Gasteiger partial charge is 0.217 e. The molecule has 0 aromatic carbocycles. The van der Waals surface area contributed by atoms with Gasteiger partial charge in [0.2, 0.25) is 10.4 Å². The molecule has 0 unspecified atom stereocenters. The van der Waals surface area contributed by atoms with Gasteiger partial charge in [0.15, 0.2) is 0 Å². The molecule has 0 heterocycles. The average molecular weight is 359 g/mol. The molecular formula is C14H34N2O6S. The molecule has 8 nitrogen and oxygen atoms in total. The molecule has 0 amide bonds. The first-order valence-electron chi connectivity index (χ1n) is 6.91. The van der Waals surface area contributed by atoms with E-state index in [-0.39, 0.29) is 0 Å². The Labute approximate surface area is 142 Å². The van der Waals surface area contributed by atoms with Gasteiger partial charge in [0.1, 0.15) is 0 Å². The third-order valence-electron chi connectivity index (χ3n) is 2.27. The predicted molar refractivity (Wildman–Crippen MR) is 89.1 cm³/mol. The van der Waals surface area contributed by atoms with Crippen LogP contribution in [-0.2, 0) is 19.4 Å². The van der Waals surface area contributed by atoms with Crippen LogP contribution in [0.1, 0.15) is 13.8 Å². The SMILES string of the molecule is C=CC(=O)[O-].CC[N+](C)(C)C.CC[N+](C)(C)C.COS(=O)(=O)[O-]. The maximum Gasteiger partial charge on any atom is 0.217 e. The van der Waals surface area contributed by atoms with Crippen molar-refractivity contribution in [3.05, 3.63) is 12.7 Å². The molecule has 0 N–H and O–H groups in total. The summed E-state index contributed by atoms with van der Waals surface area (Å²) in [6, 6.07) is 0. The van der Waals surface area contributed by atoms with Gasteiger partial charge in [0.25, 0.3) is 0 Å². The van der Waals surface area contributed by atoms with E-state index in [1.807, 2.05) is 0 Å². The van der Waals surface area contributed by atoms with Crippen molar-refractivity contribution in [2.75, 3.05) is 62.5 Å². The summed E-state index contributed by atoms with van der Waals surface area (Å²) in [6.45, 7) is 9.68. The van der Waals surface area contributed by atoms with Crippen molar-refractivity contribution >= 4 is 16.4 Å². The maximum atomic E-state index is 9.22. The van der Waals surface area contributed by atoms with Crippen molar-refractivity contribution in [1.29, 1.82) is 0 Å². The Morgan fingerprint density at radius 2 is 1.17 bits per heavy atom. The average Bonchev–Trinajstić information content (AvgIpc) is 2.38. The van der Waals surface area contributed by atoms with Gasteiger partial charge in [-0.1, -0.05) is 6.58 Å². The van der Waals surface area contributed by atoms with Gasteiger partial charge in [-0.15, -0.1) is 0 Å². The van der Waals surface area contributed by atoms with E-state index in [4.69, 9.17) is 9.90 Å². The highest BCUT2D eigenvalue weighted by Crippen LogP contribution is 1.84. The van der Waals surface area contributed by atoms with Crippen LogP contribution in [0.25, 0.3) is 0 Å². The van der Waals surface area contributed by atoms with Crippen LogP contribution in [0.4, 0.5) is 0 Å². The van der Waals surface area contributed by atoms with Crippen LogP contribution < -0.4 is 5.11 Å². The topological polar surface area (TPSA) is 107 Å². The first-order chi connectivity index (χ1) is 9.95. The van der Waals surface area contributed by atoms with E-state index in [1.54, 1.807) is 0 Å². The van der Waals surface area contributed by atoms with Crippen LogP contribution in [0.3, 0.4) is 0 Å². The molecule has 0 saturated heterocycles. The maximum absolute atomic E-state index is 9.22. The van der Waals surface area contributed by atoms with Crippen molar-refractivity contribution in [2.24, 2.45) is 0 Å². The van der Waals surface area contributed by atoms with E-state index < -0.39 is 16.4 Å². The Kier molecular flexibility index (Phi) is 19.0. The number of nitrogens with zero attached hydrogens (tertiary/aromatic N) is 2. The molecule has 0 saturated carbocycles. The highest BCUT2D eigenvalue weighted by atomic mass is 32.3. The highest BCUT2D eigenvalue weighted by molar-refractivity contribution is 7.80. The van der Waals surface area contributed by atoms with Gasteiger partial charge < -0.3 is 23.4 Å². The Morgan fingerprint density at radius 3 is 1.17 bits per heavy atom. The molecule has 0 aliphatic carbocycles. The van der Waals surface area contributed by atoms with E-state index in [0.717, 1.165) is 22.2 Å². The molecule has 0 aromatic heterocycles. The molecule has 142 valence electrons. The lowest BCUT2D eigenvalue weighted by atomic mass is 10.6. The number of aliphatic carboxylic acids is 1. The first kappa shape index (κ1) is 29.9. The fourth-order valence-electron chi connectivity index (χ4n) is 0. The first-order valence-corrected chi connectivity index (χ1v) is 8.24. The van der Waals surface area contributed by atoms with Crippen molar-refractivity contribution < 1.29 is 36.0 Å². The Hall–Kier alpha value is -1.00. The van der Waals surface area contributed by atoms with Crippen LogP contribution >= 0.6 is 0 Å². The van der Waals surface area contributed by atoms with E-state index in [9.17, 15) is 13.0 Å². The summed E-state index contributed by atoms with van der Waals surface area (Å²) in [5.74, 6) is -1.23. The normalized spacial score (nSPS) is 10.7. The van der Waals surface area contributed by atoms with Crippen molar-refractivity contribution in [3.63, 3.8) is 0 Å². The summed E-state index contributed by atoms with van der Waals surface area (Å²) in [6.07, 6.45) is 0.722. The molecule has 0 aromatic rings. The fourth-order valence-corrected chi connectivity index (χ4v) is 0. The van der Waals surface area contributed by atoms with Gasteiger partial charge in [-0.2, -0.15) is 0 Å². The molecule has 9 heteroatoms. The molecule has 23 heavy (non-hydrogen) atoms. The molecule has 0 rings (SSSR count). The van der Waals surface area contributed by atoms with Crippen molar-refractivity contribution in [3.8, 4) is 0 Å². The van der Waals surface area contributed by atoms with Gasteiger partial charge in [0.05, 0.1) is 68.5 Å². The third-order valence-corrected chi connectivity index (χ3v) is 2.68. The van der Waals surface area contributed by atoms with Crippen LogP contribution in [0.15, 0.2) is 12.7 Å². The summed E-state index contributed by atoms with van der Waals surface area (Å²) >= 11 is 0. The molecule has 0 aliphatic rings. The van der Waals surface area contributed by atoms with Crippen LogP contribution in [0.2, 0.25) is 0 Å². The highest BCUT2D eigenvalue weighted by Gasteiger charge is 1.98. The molecule has 0 atom stereocenters. The van der Waals surface area contributed by atoms with E-state index >= 15 is 0 Å². The number of rotatable bonds is 4. The largest absolute Gasteiger partial charge is 0.726 e. The van der Waals surface area contributed by atoms with Gasteiger partial charge >= 0.3 is 0 Å². The zero-order valence-corrected chi connectivity index (χ0v) is 16.8. The Morgan fingerprint density at radius 1 is 1.04 bits per heavy atom. The molecule has 0 spiro atoms. The number of carbonyl (C=O) groups is 1. The van der Waals surface area contributed by atoms with Gasteiger partial charge in [0, 0.05) is 0 Å². The summed E-state index contributed by atoms with van der Waals surface area (Å²) in [4.78, 5) is 9.14. The van der Waals surface area contributed by atoms with E-state index in [1.165, 1.54) is 13.1 Å². The quantitative estimate of drug-likeness (QED) is 0.289. The molecule has 0 bridgehead atoms. The van der Waals surface area contributed by atoms with Crippen LogP contribution in [0.5, 0.6) is 0 Å². The lowest BCUT2D eigenvalue weighted by Gasteiger charge is -2.20. The van der Waals surface area contributed by atoms with Gasteiger partial charge in [-0.25, -0.2) is 8.42 Å². The number of carbonyl (C=O) groups excluding carboxylic acids is 1. The Balaban J connectivity index is -0.000000105. The number of carboxylic acids is 1. The molecule has 0 fully saturated rings. The monoisotopic (exact) mass is 358 g/mol. The minimum atomic E-state index is -4.41. The van der Waals surface area contributed by atoms with E-state index in [0.29, 0.717) is 0 Å². The van der Waals surface area contributed by atoms with Gasteiger partial charge in [-0.05, 0) is 19.9 Å². The standard InChI is InChI=1S/2C5H14N.C3H4O2.CH4O4S/c2*1-5-6(2,3)4;1-2-3(4)5;1-5-6(2,3)4/h2*5H2,1-4H3;2H,1H2,(H,4,5);1H3,(H,2,3,4)/q2*+1;;/p-2.